The molecule has 0 radical (unpaired) electrons. The van der Waals surface area contributed by atoms with Crippen LogP contribution in [0.5, 0.6) is 5.75 Å². The smallest absolute Gasteiger partial charge is 0.138 e. The first-order valence-electron chi connectivity index (χ1n) is 6.16. The lowest BCUT2D eigenvalue weighted by molar-refractivity contribution is 0.178. The fourth-order valence-electron chi connectivity index (χ4n) is 1.84. The Labute approximate surface area is 117 Å². The van der Waals surface area contributed by atoms with Crippen molar-refractivity contribution in [2.24, 2.45) is 0 Å². The van der Waals surface area contributed by atoms with Crippen LogP contribution in [0.4, 0.5) is 0 Å². The molecule has 0 bridgehead atoms. The lowest BCUT2D eigenvalue weighted by Gasteiger charge is -2.26. The second-order valence-electron chi connectivity index (χ2n) is 4.55. The minimum absolute atomic E-state index is 0.124. The summed E-state index contributed by atoms with van der Waals surface area (Å²) in [7, 11) is 0. The molecule has 0 aromatic carbocycles. The highest BCUT2D eigenvalue weighted by Gasteiger charge is 2.24. The van der Waals surface area contributed by atoms with Gasteiger partial charge in [0.25, 0.3) is 0 Å². The molecule has 0 saturated carbocycles. The molecule has 0 amide bonds. The molecule has 2 atom stereocenters. The van der Waals surface area contributed by atoms with Gasteiger partial charge in [0, 0.05) is 34.3 Å². The third kappa shape index (κ3) is 3.80. The molecule has 100 valence electrons. The van der Waals surface area contributed by atoms with Gasteiger partial charge in [-0.3, -0.25) is 4.98 Å². The maximum atomic E-state index is 10.4. The van der Waals surface area contributed by atoms with E-state index in [0.717, 1.165) is 22.8 Å². The normalized spacial score (nSPS) is 21.9. The maximum absolute atomic E-state index is 10.4. The molecule has 1 saturated heterocycles. The van der Waals surface area contributed by atoms with Crippen molar-refractivity contribution >= 4 is 23.5 Å². The Hall–Kier alpha value is -0.390. The van der Waals surface area contributed by atoms with E-state index in [1.165, 1.54) is 5.75 Å². The van der Waals surface area contributed by atoms with Gasteiger partial charge in [0.15, 0.2) is 0 Å². The molecule has 1 aromatic rings. The Balaban J connectivity index is 2.06. The minimum atomic E-state index is -0.453. The minimum Gasteiger partial charge on any atom is -0.489 e. The zero-order valence-electron chi connectivity index (χ0n) is 10.7. The van der Waals surface area contributed by atoms with Crippen LogP contribution in [0.1, 0.15) is 25.5 Å². The highest BCUT2D eigenvalue weighted by atomic mass is 32.2. The summed E-state index contributed by atoms with van der Waals surface area (Å²) in [5, 5.41) is 10.6. The van der Waals surface area contributed by atoms with E-state index in [4.69, 9.17) is 4.74 Å². The van der Waals surface area contributed by atoms with Crippen molar-refractivity contribution in [3.63, 3.8) is 0 Å². The van der Waals surface area contributed by atoms with E-state index in [2.05, 4.69) is 4.98 Å². The Morgan fingerprint density at radius 1 is 1.39 bits per heavy atom. The zero-order valence-corrected chi connectivity index (χ0v) is 12.3. The van der Waals surface area contributed by atoms with E-state index >= 15 is 0 Å². The van der Waals surface area contributed by atoms with Crippen molar-refractivity contribution in [1.29, 1.82) is 0 Å². The van der Waals surface area contributed by atoms with Crippen LogP contribution < -0.4 is 4.74 Å². The van der Waals surface area contributed by atoms with Gasteiger partial charge in [-0.05, 0) is 19.9 Å². The standard InChI is InChI=1S/C13H19NO2S2/c1-9(2)16-11-5-10(6-14-7-11)13(15)12-8-17-3-4-18-12/h5-7,9,12-13,15H,3-4,8H2,1-2H3. The van der Waals surface area contributed by atoms with Crippen molar-refractivity contribution in [1.82, 2.24) is 4.98 Å². The number of thioether (sulfide) groups is 2. The van der Waals surface area contributed by atoms with Gasteiger partial charge in [0.2, 0.25) is 0 Å². The topological polar surface area (TPSA) is 42.4 Å². The summed E-state index contributed by atoms with van der Waals surface area (Å²) < 4.78 is 5.61. The summed E-state index contributed by atoms with van der Waals surface area (Å²) in [4.78, 5) is 4.15. The highest BCUT2D eigenvalue weighted by Crippen LogP contribution is 2.34. The zero-order chi connectivity index (χ0) is 13.0. The third-order valence-electron chi connectivity index (χ3n) is 2.64. The molecular formula is C13H19NO2S2. The van der Waals surface area contributed by atoms with Gasteiger partial charge in [-0.15, -0.1) is 0 Å². The molecule has 18 heavy (non-hydrogen) atoms. The largest absolute Gasteiger partial charge is 0.489 e. The third-order valence-corrected chi connectivity index (χ3v) is 5.49. The predicted molar refractivity (Wildman–Crippen MR) is 78.5 cm³/mol. The molecule has 2 rings (SSSR count). The number of hydrogen-bond donors (Lipinski definition) is 1. The van der Waals surface area contributed by atoms with Gasteiger partial charge >= 0.3 is 0 Å². The van der Waals surface area contributed by atoms with Crippen LogP contribution in [-0.4, -0.2) is 38.7 Å². The Morgan fingerprint density at radius 3 is 2.89 bits per heavy atom. The number of nitrogens with zero attached hydrogens (tertiary/aromatic N) is 1. The number of aliphatic hydroxyl groups is 1. The first-order valence-corrected chi connectivity index (χ1v) is 8.36. The first kappa shape index (κ1) is 14.0. The van der Waals surface area contributed by atoms with Crippen molar-refractivity contribution in [2.45, 2.75) is 31.3 Å². The molecule has 0 aliphatic carbocycles. The summed E-state index contributed by atoms with van der Waals surface area (Å²) in [5.41, 5.74) is 0.855. The van der Waals surface area contributed by atoms with Crippen LogP contribution in [-0.2, 0) is 0 Å². The van der Waals surface area contributed by atoms with E-state index in [0.29, 0.717) is 0 Å². The molecule has 2 heterocycles. The number of pyridine rings is 1. The molecule has 1 aromatic heterocycles. The molecule has 1 fully saturated rings. The molecule has 1 aliphatic rings. The summed E-state index contributed by atoms with van der Waals surface area (Å²) in [6.45, 7) is 3.97. The highest BCUT2D eigenvalue weighted by molar-refractivity contribution is 8.06. The maximum Gasteiger partial charge on any atom is 0.138 e. The van der Waals surface area contributed by atoms with Crippen LogP contribution in [0.25, 0.3) is 0 Å². The summed E-state index contributed by atoms with van der Waals surface area (Å²) >= 11 is 3.75. The van der Waals surface area contributed by atoms with Crippen LogP contribution >= 0.6 is 23.5 Å². The van der Waals surface area contributed by atoms with E-state index in [-0.39, 0.29) is 11.4 Å². The monoisotopic (exact) mass is 285 g/mol. The number of aromatic nitrogens is 1. The predicted octanol–water partition coefficient (Wildman–Crippen LogP) is 2.75. The van der Waals surface area contributed by atoms with Crippen molar-refractivity contribution in [3.05, 3.63) is 24.0 Å². The molecule has 3 nitrogen and oxygen atoms in total. The number of ether oxygens (including phenoxy) is 1. The summed E-state index contributed by atoms with van der Waals surface area (Å²) in [6.07, 6.45) is 3.10. The van der Waals surface area contributed by atoms with Crippen LogP contribution in [0, 0.1) is 0 Å². The lowest BCUT2D eigenvalue weighted by atomic mass is 10.1. The van der Waals surface area contributed by atoms with Crippen molar-refractivity contribution < 1.29 is 9.84 Å². The van der Waals surface area contributed by atoms with Crippen LogP contribution in [0.2, 0.25) is 0 Å². The quantitative estimate of drug-likeness (QED) is 0.921. The van der Waals surface area contributed by atoms with Gasteiger partial charge in [0.1, 0.15) is 5.75 Å². The second kappa shape index (κ2) is 6.68. The van der Waals surface area contributed by atoms with Gasteiger partial charge in [-0.25, -0.2) is 0 Å². The molecule has 0 spiro atoms. The Kier molecular flexibility index (Phi) is 5.21. The lowest BCUT2D eigenvalue weighted by Crippen LogP contribution is -2.22. The van der Waals surface area contributed by atoms with E-state index in [9.17, 15) is 5.11 Å². The van der Waals surface area contributed by atoms with Crippen molar-refractivity contribution in [3.8, 4) is 5.75 Å². The second-order valence-corrected chi connectivity index (χ2v) is 7.05. The average molecular weight is 285 g/mol. The van der Waals surface area contributed by atoms with Crippen LogP contribution in [0.15, 0.2) is 18.5 Å². The van der Waals surface area contributed by atoms with E-state index in [1.54, 1.807) is 12.4 Å². The van der Waals surface area contributed by atoms with E-state index in [1.807, 2.05) is 43.4 Å². The Bertz CT molecular complexity index is 381. The summed E-state index contributed by atoms with van der Waals surface area (Å²) in [6, 6.07) is 1.90. The van der Waals surface area contributed by atoms with Gasteiger partial charge in [-0.2, -0.15) is 23.5 Å². The van der Waals surface area contributed by atoms with Gasteiger partial charge in [0.05, 0.1) is 18.4 Å². The fraction of sp³-hybridized carbons (Fsp3) is 0.615. The number of aliphatic hydroxyl groups excluding tert-OH is 1. The van der Waals surface area contributed by atoms with E-state index < -0.39 is 6.10 Å². The first-order chi connectivity index (χ1) is 8.66. The van der Waals surface area contributed by atoms with Crippen LogP contribution in [0.3, 0.4) is 0 Å². The SMILES string of the molecule is CC(C)Oc1cncc(C(O)C2CSCCS2)c1. The van der Waals surface area contributed by atoms with Crippen molar-refractivity contribution in [2.75, 3.05) is 17.3 Å². The van der Waals surface area contributed by atoms with Gasteiger partial charge in [-0.1, -0.05) is 0 Å². The average Bonchev–Trinajstić information content (AvgIpc) is 2.38. The summed E-state index contributed by atoms with van der Waals surface area (Å²) in [5.74, 6) is 4.03. The fourth-order valence-corrected chi connectivity index (χ4v) is 4.59. The van der Waals surface area contributed by atoms with Gasteiger partial charge < -0.3 is 9.84 Å². The molecule has 5 heteroatoms. The molecule has 2 unspecified atom stereocenters. The Morgan fingerprint density at radius 2 is 2.22 bits per heavy atom. The number of hydrogen-bond acceptors (Lipinski definition) is 5. The molecular weight excluding hydrogens is 266 g/mol. The number of rotatable bonds is 4. The molecule has 1 aliphatic heterocycles. The molecule has 1 N–H and O–H groups in total.